The number of nitrogens with one attached hydrogen (secondary N) is 1. The number of ether oxygens (including phenoxy) is 1. The molecule has 2 rings (SSSR count). The van der Waals surface area contributed by atoms with Gasteiger partial charge in [-0.05, 0) is 24.5 Å². The van der Waals surface area contributed by atoms with Crippen molar-refractivity contribution >= 4 is 11.9 Å². The summed E-state index contributed by atoms with van der Waals surface area (Å²) >= 11 is 0. The quantitative estimate of drug-likeness (QED) is 0.870. The maximum absolute atomic E-state index is 14.1. The molecule has 1 aromatic rings. The molecule has 1 aliphatic rings. The van der Waals surface area contributed by atoms with E-state index in [1.54, 1.807) is 25.1 Å². The number of amides is 1. The number of hydrogen-bond donors (Lipinski definition) is 1. The Morgan fingerprint density at radius 2 is 2.09 bits per heavy atom. The van der Waals surface area contributed by atoms with E-state index in [0.717, 1.165) is 0 Å². The molecule has 5 heteroatoms. The van der Waals surface area contributed by atoms with E-state index in [2.05, 4.69) is 5.32 Å². The first-order valence-electron chi connectivity index (χ1n) is 7.32. The molecule has 1 aromatic carbocycles. The molecule has 1 amide bonds. The second-order valence-electron chi connectivity index (χ2n) is 5.86. The minimum atomic E-state index is -0.616. The van der Waals surface area contributed by atoms with Gasteiger partial charge < -0.3 is 10.1 Å². The largest absolute Gasteiger partial charge is 0.462 e. The van der Waals surface area contributed by atoms with Gasteiger partial charge in [-0.1, -0.05) is 32.0 Å². The predicted octanol–water partition coefficient (Wildman–Crippen LogP) is 2.90. The average molecular weight is 305 g/mol. The first-order valence-corrected chi connectivity index (χ1v) is 7.32. The van der Waals surface area contributed by atoms with Gasteiger partial charge in [0.15, 0.2) is 0 Å². The number of rotatable bonds is 4. The van der Waals surface area contributed by atoms with Gasteiger partial charge in [0, 0.05) is 18.0 Å². The highest BCUT2D eigenvalue weighted by Crippen LogP contribution is 2.34. The Hall–Kier alpha value is -2.17. The van der Waals surface area contributed by atoms with Crippen LogP contribution in [-0.4, -0.2) is 18.5 Å². The van der Waals surface area contributed by atoms with Crippen molar-refractivity contribution in [1.29, 1.82) is 0 Å². The zero-order valence-corrected chi connectivity index (χ0v) is 13.0. The van der Waals surface area contributed by atoms with Crippen LogP contribution in [-0.2, 0) is 14.3 Å². The summed E-state index contributed by atoms with van der Waals surface area (Å²) in [6.07, 6.45) is 0.0321. The maximum atomic E-state index is 14.1. The Bertz CT molecular complexity index is 622. The topological polar surface area (TPSA) is 55.4 Å². The Morgan fingerprint density at radius 1 is 1.41 bits per heavy atom. The number of esters is 1. The van der Waals surface area contributed by atoms with E-state index < -0.39 is 17.7 Å². The lowest BCUT2D eigenvalue weighted by Crippen LogP contribution is -2.34. The van der Waals surface area contributed by atoms with Crippen molar-refractivity contribution in [1.82, 2.24) is 5.32 Å². The van der Waals surface area contributed by atoms with Crippen LogP contribution in [0.2, 0.25) is 0 Å². The molecule has 0 fully saturated rings. The fourth-order valence-corrected chi connectivity index (χ4v) is 2.51. The van der Waals surface area contributed by atoms with Crippen molar-refractivity contribution < 1.29 is 18.7 Å². The molecule has 0 radical (unpaired) electrons. The third-order valence-corrected chi connectivity index (χ3v) is 3.52. The Kier molecular flexibility index (Phi) is 4.96. The molecule has 0 aliphatic carbocycles. The van der Waals surface area contributed by atoms with Gasteiger partial charge in [0.25, 0.3) is 0 Å². The number of hydrogen-bond acceptors (Lipinski definition) is 3. The molecular formula is C17H20FNO3. The highest BCUT2D eigenvalue weighted by Gasteiger charge is 2.34. The monoisotopic (exact) mass is 305 g/mol. The number of halogens is 1. The molecule has 1 atom stereocenters. The molecule has 0 aromatic heterocycles. The summed E-state index contributed by atoms with van der Waals surface area (Å²) in [6, 6.07) is 6.20. The number of carbonyl (C=O) groups excluding carboxylic acids is 2. The molecule has 0 saturated heterocycles. The van der Waals surface area contributed by atoms with E-state index in [4.69, 9.17) is 4.74 Å². The van der Waals surface area contributed by atoms with E-state index in [-0.39, 0.29) is 24.9 Å². The molecule has 0 spiro atoms. The molecule has 0 bridgehead atoms. The highest BCUT2D eigenvalue weighted by molar-refractivity contribution is 5.95. The van der Waals surface area contributed by atoms with Crippen molar-refractivity contribution in [2.24, 2.45) is 5.92 Å². The molecule has 0 saturated carbocycles. The Morgan fingerprint density at radius 3 is 2.73 bits per heavy atom. The van der Waals surface area contributed by atoms with Gasteiger partial charge in [0.05, 0.1) is 12.2 Å². The van der Waals surface area contributed by atoms with Crippen LogP contribution >= 0.6 is 0 Å². The fourth-order valence-electron chi connectivity index (χ4n) is 2.51. The summed E-state index contributed by atoms with van der Waals surface area (Å²) in [5.74, 6) is -1.57. The molecule has 118 valence electrons. The standard InChI is InChI=1S/C17H20FNO3/c1-10(2)9-22-17(21)16-11(3)19-15(20)8-13(16)12-6-4-5-7-14(12)18/h4-7,10,13H,8-9H2,1-3H3,(H,19,20)/t13-/m1/s1. The van der Waals surface area contributed by atoms with Crippen LogP contribution in [0, 0.1) is 11.7 Å². The van der Waals surface area contributed by atoms with E-state index >= 15 is 0 Å². The average Bonchev–Trinajstić information content (AvgIpc) is 2.44. The minimum Gasteiger partial charge on any atom is -0.462 e. The molecule has 1 heterocycles. The van der Waals surface area contributed by atoms with E-state index in [1.165, 1.54) is 6.07 Å². The van der Waals surface area contributed by atoms with Crippen LogP contribution in [0.15, 0.2) is 35.5 Å². The van der Waals surface area contributed by atoms with Crippen molar-refractivity contribution in [2.75, 3.05) is 6.61 Å². The Labute approximate surface area is 129 Å². The van der Waals surface area contributed by atoms with Crippen LogP contribution in [0.4, 0.5) is 4.39 Å². The van der Waals surface area contributed by atoms with Gasteiger partial charge in [0.2, 0.25) is 5.91 Å². The summed E-state index contributed by atoms with van der Waals surface area (Å²) in [5.41, 5.74) is 1.09. The third kappa shape index (κ3) is 3.53. The predicted molar refractivity (Wildman–Crippen MR) is 80.4 cm³/mol. The minimum absolute atomic E-state index is 0.0321. The number of allylic oxidation sites excluding steroid dienone is 1. The molecule has 1 aliphatic heterocycles. The van der Waals surface area contributed by atoms with Crippen LogP contribution in [0.3, 0.4) is 0 Å². The summed E-state index contributed by atoms with van der Waals surface area (Å²) in [7, 11) is 0. The van der Waals surface area contributed by atoms with E-state index in [1.807, 2.05) is 13.8 Å². The molecular weight excluding hydrogens is 285 g/mol. The van der Waals surface area contributed by atoms with Gasteiger partial charge in [0.1, 0.15) is 5.82 Å². The molecule has 1 N–H and O–H groups in total. The maximum Gasteiger partial charge on any atom is 0.336 e. The lowest BCUT2D eigenvalue weighted by Gasteiger charge is -2.27. The van der Waals surface area contributed by atoms with Crippen LogP contribution in [0.1, 0.15) is 38.7 Å². The van der Waals surface area contributed by atoms with Gasteiger partial charge in [-0.15, -0.1) is 0 Å². The highest BCUT2D eigenvalue weighted by atomic mass is 19.1. The van der Waals surface area contributed by atoms with Gasteiger partial charge in [-0.25, -0.2) is 9.18 Å². The summed E-state index contributed by atoms with van der Waals surface area (Å²) in [5, 5.41) is 2.63. The smallest absolute Gasteiger partial charge is 0.336 e. The lowest BCUT2D eigenvalue weighted by molar-refractivity contribution is -0.140. The normalized spacial score (nSPS) is 18.4. The zero-order valence-electron chi connectivity index (χ0n) is 13.0. The summed E-state index contributed by atoms with van der Waals surface area (Å²) in [6.45, 7) is 5.79. The van der Waals surface area contributed by atoms with E-state index in [0.29, 0.717) is 16.8 Å². The van der Waals surface area contributed by atoms with Gasteiger partial charge in [-0.3, -0.25) is 4.79 Å². The molecule has 0 unspecified atom stereocenters. The SMILES string of the molecule is CC1=C(C(=O)OCC(C)C)[C@@H](c2ccccc2F)CC(=O)N1. The second-order valence-corrected chi connectivity index (χ2v) is 5.86. The number of benzene rings is 1. The fraction of sp³-hybridized carbons (Fsp3) is 0.412. The third-order valence-electron chi connectivity index (χ3n) is 3.52. The van der Waals surface area contributed by atoms with Crippen molar-refractivity contribution in [2.45, 2.75) is 33.1 Å². The van der Waals surface area contributed by atoms with Gasteiger partial charge in [-0.2, -0.15) is 0 Å². The zero-order chi connectivity index (χ0) is 16.3. The molecule has 4 nitrogen and oxygen atoms in total. The second kappa shape index (κ2) is 6.73. The molecule has 22 heavy (non-hydrogen) atoms. The van der Waals surface area contributed by atoms with Crippen LogP contribution < -0.4 is 5.32 Å². The first-order chi connectivity index (χ1) is 10.4. The van der Waals surface area contributed by atoms with Crippen molar-refractivity contribution in [3.63, 3.8) is 0 Å². The van der Waals surface area contributed by atoms with Crippen molar-refractivity contribution in [3.8, 4) is 0 Å². The first kappa shape index (κ1) is 16.2. The Balaban J connectivity index is 2.37. The lowest BCUT2D eigenvalue weighted by atomic mass is 9.84. The van der Waals surface area contributed by atoms with Crippen LogP contribution in [0.5, 0.6) is 0 Å². The summed E-state index contributed by atoms with van der Waals surface area (Å²) in [4.78, 5) is 24.1. The van der Waals surface area contributed by atoms with Crippen LogP contribution in [0.25, 0.3) is 0 Å². The number of carbonyl (C=O) groups is 2. The summed E-state index contributed by atoms with van der Waals surface area (Å²) < 4.78 is 19.3. The van der Waals surface area contributed by atoms with E-state index in [9.17, 15) is 14.0 Å². The van der Waals surface area contributed by atoms with Crippen molar-refractivity contribution in [3.05, 3.63) is 46.9 Å². The van der Waals surface area contributed by atoms with Gasteiger partial charge >= 0.3 is 5.97 Å².